The predicted molar refractivity (Wildman–Crippen MR) is 106 cm³/mol. The highest BCUT2D eigenvalue weighted by molar-refractivity contribution is 7.14. The Kier molecular flexibility index (Phi) is 4.13. The van der Waals surface area contributed by atoms with E-state index in [2.05, 4.69) is 89.8 Å². The molecule has 0 N–H and O–H groups in total. The van der Waals surface area contributed by atoms with Gasteiger partial charge in [0.05, 0.1) is 21.1 Å². The number of benzene rings is 1. The number of nitrogens with zero attached hydrogens (tertiary/aromatic N) is 1. The first kappa shape index (κ1) is 15.4. The molecule has 0 aliphatic carbocycles. The van der Waals surface area contributed by atoms with E-state index in [0.717, 1.165) is 0 Å². The first-order valence-corrected chi connectivity index (χ1v) is 9.90. The zero-order valence-electron chi connectivity index (χ0n) is 13.8. The van der Waals surface area contributed by atoms with Crippen molar-refractivity contribution < 1.29 is 0 Å². The molecule has 3 aromatic heterocycles. The van der Waals surface area contributed by atoms with E-state index in [1.54, 1.807) is 22.7 Å². The van der Waals surface area contributed by atoms with Gasteiger partial charge < -0.3 is 4.57 Å². The molecule has 0 fully saturated rings. The highest BCUT2D eigenvalue weighted by atomic mass is 32.1. The number of thiophene rings is 2. The van der Waals surface area contributed by atoms with Gasteiger partial charge in [-0.05, 0) is 58.6 Å². The fourth-order valence-corrected chi connectivity index (χ4v) is 4.44. The number of hydrogen-bond acceptors (Lipinski definition) is 2. The van der Waals surface area contributed by atoms with Gasteiger partial charge in [-0.25, -0.2) is 0 Å². The molecule has 0 saturated carbocycles. The molecule has 0 radical (unpaired) electrons. The fraction of sp³-hybridized carbons (Fsp3) is 0.143. The maximum absolute atomic E-state index is 2.38. The molecule has 4 rings (SSSR count). The Morgan fingerprint density at radius 1 is 0.708 bits per heavy atom. The summed E-state index contributed by atoms with van der Waals surface area (Å²) in [7, 11) is 0. The minimum absolute atomic E-state index is 0.553. The lowest BCUT2D eigenvalue weighted by molar-refractivity contribution is 0.865. The van der Waals surface area contributed by atoms with Gasteiger partial charge in [0, 0.05) is 5.69 Å². The van der Waals surface area contributed by atoms with E-state index >= 15 is 0 Å². The summed E-state index contributed by atoms with van der Waals surface area (Å²) >= 11 is 3.57. The average Bonchev–Trinajstić information content (AvgIpc) is 3.33. The second kappa shape index (κ2) is 6.42. The zero-order chi connectivity index (χ0) is 16.5. The molecule has 0 bridgehead atoms. The molecule has 0 unspecified atom stereocenters. The van der Waals surface area contributed by atoms with Crippen molar-refractivity contribution in [1.82, 2.24) is 4.57 Å². The van der Waals surface area contributed by atoms with Gasteiger partial charge in [0.2, 0.25) is 0 Å². The lowest BCUT2D eigenvalue weighted by Crippen LogP contribution is -1.98. The van der Waals surface area contributed by atoms with Gasteiger partial charge in [-0.15, -0.1) is 22.7 Å². The number of rotatable bonds is 4. The first-order chi connectivity index (χ1) is 11.7. The molecule has 0 aliphatic rings. The van der Waals surface area contributed by atoms with E-state index in [1.165, 1.54) is 32.4 Å². The Balaban J connectivity index is 1.89. The standard InChI is InChI=1S/C21H19NS2/c1-15(2)16-7-9-17(10-8-16)22-18(20-5-3-13-23-20)11-12-19(22)21-6-4-14-24-21/h3-15H,1-2H3. The minimum atomic E-state index is 0.553. The van der Waals surface area contributed by atoms with Crippen LogP contribution in [0.5, 0.6) is 0 Å². The smallest absolute Gasteiger partial charge is 0.0635 e. The van der Waals surface area contributed by atoms with Crippen LogP contribution in [-0.2, 0) is 0 Å². The second-order valence-corrected chi connectivity index (χ2v) is 8.04. The van der Waals surface area contributed by atoms with Gasteiger partial charge in [0.15, 0.2) is 0 Å². The van der Waals surface area contributed by atoms with E-state index in [9.17, 15) is 0 Å². The zero-order valence-corrected chi connectivity index (χ0v) is 15.4. The Morgan fingerprint density at radius 3 is 1.67 bits per heavy atom. The maximum Gasteiger partial charge on any atom is 0.0635 e. The molecule has 24 heavy (non-hydrogen) atoms. The van der Waals surface area contributed by atoms with Gasteiger partial charge in [-0.1, -0.05) is 38.1 Å². The van der Waals surface area contributed by atoms with Gasteiger partial charge in [0.1, 0.15) is 0 Å². The lowest BCUT2D eigenvalue weighted by atomic mass is 10.0. The van der Waals surface area contributed by atoms with Crippen LogP contribution in [0.25, 0.3) is 26.8 Å². The second-order valence-electron chi connectivity index (χ2n) is 6.14. The van der Waals surface area contributed by atoms with Crippen LogP contribution >= 0.6 is 22.7 Å². The van der Waals surface area contributed by atoms with Gasteiger partial charge in [-0.2, -0.15) is 0 Å². The minimum Gasteiger partial charge on any atom is -0.308 e. The first-order valence-electron chi connectivity index (χ1n) is 8.14. The quantitative estimate of drug-likeness (QED) is 0.372. The van der Waals surface area contributed by atoms with E-state index in [-0.39, 0.29) is 0 Å². The summed E-state index contributed by atoms with van der Waals surface area (Å²) < 4.78 is 2.38. The third-order valence-corrected chi connectivity index (χ3v) is 6.03. The molecule has 3 heteroatoms. The largest absolute Gasteiger partial charge is 0.308 e. The molecule has 0 amide bonds. The van der Waals surface area contributed by atoms with Gasteiger partial charge in [-0.3, -0.25) is 0 Å². The predicted octanol–water partition coefficient (Wildman–Crippen LogP) is 7.06. The molecule has 3 heterocycles. The van der Waals surface area contributed by atoms with Crippen molar-refractivity contribution in [2.24, 2.45) is 0 Å². The number of aromatic nitrogens is 1. The van der Waals surface area contributed by atoms with Gasteiger partial charge >= 0.3 is 0 Å². The van der Waals surface area contributed by atoms with Crippen molar-refractivity contribution in [1.29, 1.82) is 0 Å². The summed E-state index contributed by atoms with van der Waals surface area (Å²) in [4.78, 5) is 2.59. The summed E-state index contributed by atoms with van der Waals surface area (Å²) in [6.45, 7) is 4.47. The third kappa shape index (κ3) is 2.74. The van der Waals surface area contributed by atoms with Crippen LogP contribution < -0.4 is 0 Å². The number of hydrogen-bond donors (Lipinski definition) is 0. The molecule has 1 aromatic carbocycles. The Bertz CT molecular complexity index is 859. The molecular weight excluding hydrogens is 330 g/mol. The van der Waals surface area contributed by atoms with E-state index in [0.29, 0.717) is 5.92 Å². The van der Waals surface area contributed by atoms with E-state index < -0.39 is 0 Å². The third-order valence-electron chi connectivity index (χ3n) is 4.25. The van der Waals surface area contributed by atoms with Crippen molar-refractivity contribution >= 4 is 22.7 Å². The topological polar surface area (TPSA) is 4.93 Å². The van der Waals surface area contributed by atoms with Crippen LogP contribution in [-0.4, -0.2) is 4.57 Å². The Hall–Kier alpha value is -2.10. The van der Waals surface area contributed by atoms with E-state index in [4.69, 9.17) is 0 Å². The molecular formula is C21H19NS2. The summed E-state index contributed by atoms with van der Waals surface area (Å²) in [5.41, 5.74) is 5.11. The molecule has 0 spiro atoms. The Labute approximate surface area is 150 Å². The van der Waals surface area contributed by atoms with Crippen LogP contribution in [0.2, 0.25) is 0 Å². The highest BCUT2D eigenvalue weighted by Crippen LogP contribution is 2.36. The Morgan fingerprint density at radius 2 is 1.25 bits per heavy atom. The normalized spacial score (nSPS) is 11.3. The van der Waals surface area contributed by atoms with Crippen LogP contribution in [0.4, 0.5) is 0 Å². The fourth-order valence-electron chi connectivity index (χ4n) is 2.96. The highest BCUT2D eigenvalue weighted by Gasteiger charge is 2.15. The van der Waals surface area contributed by atoms with Crippen molar-refractivity contribution in [3.05, 3.63) is 77.0 Å². The monoisotopic (exact) mass is 349 g/mol. The summed E-state index contributed by atoms with van der Waals surface area (Å²) in [5.74, 6) is 0.553. The van der Waals surface area contributed by atoms with Crippen molar-refractivity contribution in [2.45, 2.75) is 19.8 Å². The van der Waals surface area contributed by atoms with E-state index in [1.807, 2.05) is 0 Å². The summed E-state index contributed by atoms with van der Waals surface area (Å²) in [5, 5.41) is 4.28. The van der Waals surface area contributed by atoms with Crippen LogP contribution in [0.15, 0.2) is 71.4 Å². The molecule has 0 saturated heterocycles. The molecule has 4 aromatic rings. The summed E-state index contributed by atoms with van der Waals surface area (Å²) in [6.07, 6.45) is 0. The maximum atomic E-state index is 2.38. The van der Waals surface area contributed by atoms with Gasteiger partial charge in [0.25, 0.3) is 0 Å². The van der Waals surface area contributed by atoms with Crippen molar-refractivity contribution in [3.8, 4) is 26.8 Å². The average molecular weight is 350 g/mol. The molecule has 0 atom stereocenters. The molecule has 1 nitrogen and oxygen atoms in total. The summed E-state index contributed by atoms with van der Waals surface area (Å²) in [6, 6.07) is 22.1. The molecule has 120 valence electrons. The van der Waals surface area contributed by atoms with Crippen molar-refractivity contribution in [2.75, 3.05) is 0 Å². The van der Waals surface area contributed by atoms with Crippen LogP contribution in [0.3, 0.4) is 0 Å². The molecule has 0 aliphatic heterocycles. The lowest BCUT2D eigenvalue weighted by Gasteiger charge is -2.14. The van der Waals surface area contributed by atoms with Crippen LogP contribution in [0.1, 0.15) is 25.3 Å². The van der Waals surface area contributed by atoms with Crippen molar-refractivity contribution in [3.63, 3.8) is 0 Å². The SMILES string of the molecule is CC(C)c1ccc(-n2c(-c3cccs3)ccc2-c2cccs2)cc1. The van der Waals surface area contributed by atoms with Crippen LogP contribution in [0, 0.1) is 0 Å².